The summed E-state index contributed by atoms with van der Waals surface area (Å²) in [5, 5.41) is 11.0. The third-order valence-corrected chi connectivity index (χ3v) is 3.81. The van der Waals surface area contributed by atoms with Gasteiger partial charge in [-0.1, -0.05) is 6.07 Å². The third-order valence-electron chi connectivity index (χ3n) is 2.41. The second-order valence-electron chi connectivity index (χ2n) is 3.99. The van der Waals surface area contributed by atoms with E-state index in [1.165, 1.54) is 31.4 Å². The summed E-state index contributed by atoms with van der Waals surface area (Å²) in [6.07, 6.45) is 0. The molecule has 3 N–H and O–H groups in total. The lowest BCUT2D eigenvalue weighted by molar-refractivity contribution is -0.135. The lowest BCUT2D eigenvalue weighted by Crippen LogP contribution is -2.30. The highest BCUT2D eigenvalue weighted by atomic mass is 32.2. The number of hydrogen-bond donors (Lipinski definition) is 3. The Morgan fingerprint density at radius 1 is 1.33 bits per heavy atom. The number of carboxylic acid groups (broad SMARTS) is 1. The fraction of sp³-hybridized carbons (Fsp3) is 0.333. The summed E-state index contributed by atoms with van der Waals surface area (Å²) in [5.41, 5.74) is 0.157. The Hall–Kier alpha value is -1.97. The zero-order valence-electron chi connectivity index (χ0n) is 11.3. The Kier molecular flexibility index (Phi) is 6.28. The van der Waals surface area contributed by atoms with Crippen LogP contribution in [0.5, 0.6) is 0 Å². The van der Waals surface area contributed by atoms with Gasteiger partial charge in [-0.15, -0.1) is 0 Å². The monoisotopic (exact) mass is 316 g/mol. The van der Waals surface area contributed by atoms with Crippen LogP contribution in [0.2, 0.25) is 0 Å². The quantitative estimate of drug-likeness (QED) is 0.552. The van der Waals surface area contributed by atoms with Crippen LogP contribution in [-0.4, -0.2) is 52.2 Å². The second kappa shape index (κ2) is 7.72. The topological polar surface area (TPSA) is 122 Å². The van der Waals surface area contributed by atoms with Crippen LogP contribution in [0.3, 0.4) is 0 Å². The molecule has 0 aliphatic heterocycles. The molecule has 0 heterocycles. The van der Waals surface area contributed by atoms with Gasteiger partial charge in [0, 0.05) is 19.2 Å². The average molecular weight is 316 g/mol. The smallest absolute Gasteiger partial charge is 0.318 e. The number of amides is 1. The number of carbonyl (C=O) groups is 2. The van der Waals surface area contributed by atoms with E-state index in [-0.39, 0.29) is 10.5 Å². The summed E-state index contributed by atoms with van der Waals surface area (Å²) in [4.78, 5) is 22.0. The van der Waals surface area contributed by atoms with Crippen LogP contribution in [0.25, 0.3) is 0 Å². The van der Waals surface area contributed by atoms with Crippen LogP contribution in [-0.2, 0) is 19.6 Å². The first-order chi connectivity index (χ1) is 9.86. The molecule has 0 saturated heterocycles. The molecule has 1 rings (SSSR count). The lowest BCUT2D eigenvalue weighted by atomic mass is 10.2. The number of rotatable bonds is 8. The zero-order valence-corrected chi connectivity index (χ0v) is 12.1. The first kappa shape index (κ1) is 17.1. The molecule has 8 nitrogen and oxygen atoms in total. The molecular weight excluding hydrogens is 300 g/mol. The molecule has 21 heavy (non-hydrogen) atoms. The highest BCUT2D eigenvalue weighted by Crippen LogP contribution is 2.11. The van der Waals surface area contributed by atoms with Gasteiger partial charge in [-0.05, 0) is 18.2 Å². The van der Waals surface area contributed by atoms with E-state index in [9.17, 15) is 18.0 Å². The minimum absolute atomic E-state index is 0.157. The maximum Gasteiger partial charge on any atom is 0.318 e. The van der Waals surface area contributed by atoms with E-state index in [1.807, 2.05) is 4.72 Å². The number of aliphatic carboxylic acids is 1. The maximum atomic E-state index is 11.8. The number of carboxylic acids is 1. The van der Waals surface area contributed by atoms with E-state index in [2.05, 4.69) is 5.32 Å². The van der Waals surface area contributed by atoms with Crippen molar-refractivity contribution in [3.63, 3.8) is 0 Å². The lowest BCUT2D eigenvalue weighted by Gasteiger charge is -2.08. The Balaban J connectivity index is 2.84. The molecule has 0 aliphatic rings. The van der Waals surface area contributed by atoms with Gasteiger partial charge in [-0.2, -0.15) is 4.72 Å². The molecule has 1 aromatic rings. The van der Waals surface area contributed by atoms with Crippen molar-refractivity contribution in [1.29, 1.82) is 0 Å². The van der Waals surface area contributed by atoms with Gasteiger partial charge in [0.15, 0.2) is 0 Å². The standard InChI is InChI=1S/C12H16N2O6S/c1-20-6-5-13-12(17)9-3-2-4-10(7-9)21(18,19)14-8-11(15)16/h2-4,7,14H,5-6,8H2,1H3,(H,13,17)(H,15,16). The molecule has 0 spiro atoms. The molecule has 116 valence electrons. The van der Waals surface area contributed by atoms with Gasteiger partial charge in [-0.3, -0.25) is 9.59 Å². The van der Waals surface area contributed by atoms with E-state index in [0.717, 1.165) is 0 Å². The van der Waals surface area contributed by atoms with Crippen LogP contribution in [0, 0.1) is 0 Å². The first-order valence-corrected chi connectivity index (χ1v) is 7.44. The normalized spacial score (nSPS) is 11.1. The number of methoxy groups -OCH3 is 1. The molecule has 1 amide bonds. The number of carbonyl (C=O) groups excluding carboxylic acids is 1. The van der Waals surface area contributed by atoms with Crippen molar-refractivity contribution in [2.75, 3.05) is 26.8 Å². The molecule has 0 unspecified atom stereocenters. The van der Waals surface area contributed by atoms with Crippen LogP contribution >= 0.6 is 0 Å². The van der Waals surface area contributed by atoms with E-state index in [0.29, 0.717) is 13.2 Å². The van der Waals surface area contributed by atoms with Gasteiger partial charge in [-0.25, -0.2) is 8.42 Å². The van der Waals surface area contributed by atoms with Crippen molar-refractivity contribution < 1.29 is 27.9 Å². The van der Waals surface area contributed by atoms with E-state index >= 15 is 0 Å². The van der Waals surface area contributed by atoms with E-state index < -0.39 is 28.4 Å². The van der Waals surface area contributed by atoms with E-state index in [1.54, 1.807) is 0 Å². The van der Waals surface area contributed by atoms with Crippen LogP contribution in [0.15, 0.2) is 29.2 Å². The Morgan fingerprint density at radius 3 is 2.67 bits per heavy atom. The minimum Gasteiger partial charge on any atom is -0.480 e. The van der Waals surface area contributed by atoms with E-state index in [4.69, 9.17) is 9.84 Å². The van der Waals surface area contributed by atoms with Gasteiger partial charge in [0.25, 0.3) is 5.91 Å². The third kappa shape index (κ3) is 5.50. The number of ether oxygens (including phenoxy) is 1. The first-order valence-electron chi connectivity index (χ1n) is 5.95. The predicted molar refractivity (Wildman–Crippen MR) is 73.5 cm³/mol. The summed E-state index contributed by atoms with van der Waals surface area (Å²) in [7, 11) is -2.48. The second-order valence-corrected chi connectivity index (χ2v) is 5.76. The number of sulfonamides is 1. The van der Waals surface area contributed by atoms with Crippen molar-refractivity contribution in [1.82, 2.24) is 10.0 Å². The summed E-state index contributed by atoms with van der Waals surface area (Å²) in [6.45, 7) is -0.0972. The number of hydrogen-bond acceptors (Lipinski definition) is 5. The van der Waals surface area contributed by atoms with Crippen molar-refractivity contribution in [3.8, 4) is 0 Å². The molecule has 1 aromatic carbocycles. The summed E-state index contributed by atoms with van der Waals surface area (Å²) < 4.78 is 30.4. The molecule has 0 atom stereocenters. The predicted octanol–water partition coefficient (Wildman–Crippen LogP) is -0.574. The summed E-state index contributed by atoms with van der Waals surface area (Å²) >= 11 is 0. The van der Waals surface area contributed by atoms with Crippen LogP contribution < -0.4 is 10.0 Å². The maximum absolute atomic E-state index is 11.8. The minimum atomic E-state index is -3.97. The molecule has 0 fully saturated rings. The highest BCUT2D eigenvalue weighted by Gasteiger charge is 2.17. The van der Waals surface area contributed by atoms with Crippen molar-refractivity contribution in [3.05, 3.63) is 29.8 Å². The molecule has 0 aliphatic carbocycles. The number of benzene rings is 1. The van der Waals surface area contributed by atoms with Gasteiger partial charge in [0.2, 0.25) is 10.0 Å². The molecule has 9 heteroatoms. The van der Waals surface area contributed by atoms with Crippen molar-refractivity contribution in [2.24, 2.45) is 0 Å². The van der Waals surface area contributed by atoms with Crippen LogP contribution in [0.1, 0.15) is 10.4 Å². The zero-order chi connectivity index (χ0) is 15.9. The van der Waals surface area contributed by atoms with Gasteiger partial charge in [0.05, 0.1) is 11.5 Å². The fourth-order valence-corrected chi connectivity index (χ4v) is 2.43. The fourth-order valence-electron chi connectivity index (χ4n) is 1.41. The summed E-state index contributed by atoms with van der Waals surface area (Å²) in [6, 6.07) is 5.31. The molecule has 0 saturated carbocycles. The average Bonchev–Trinajstić information content (AvgIpc) is 2.45. The summed E-state index contributed by atoms with van der Waals surface area (Å²) in [5.74, 6) is -1.74. The van der Waals surface area contributed by atoms with Crippen LogP contribution in [0.4, 0.5) is 0 Å². The largest absolute Gasteiger partial charge is 0.480 e. The SMILES string of the molecule is COCCNC(=O)c1cccc(S(=O)(=O)NCC(=O)O)c1. The van der Waals surface area contributed by atoms with Gasteiger partial charge in [0.1, 0.15) is 6.54 Å². The molecule has 0 aromatic heterocycles. The Morgan fingerprint density at radius 2 is 2.05 bits per heavy atom. The Labute approximate surface area is 122 Å². The highest BCUT2D eigenvalue weighted by molar-refractivity contribution is 7.89. The molecule has 0 radical (unpaired) electrons. The number of nitrogens with one attached hydrogen (secondary N) is 2. The molecular formula is C12H16N2O6S. The van der Waals surface area contributed by atoms with Crippen molar-refractivity contribution >= 4 is 21.9 Å². The van der Waals surface area contributed by atoms with Gasteiger partial charge >= 0.3 is 5.97 Å². The Bertz CT molecular complexity index is 614. The van der Waals surface area contributed by atoms with Crippen molar-refractivity contribution in [2.45, 2.75) is 4.90 Å². The molecule has 0 bridgehead atoms. The van der Waals surface area contributed by atoms with Gasteiger partial charge < -0.3 is 15.2 Å².